The van der Waals surface area contributed by atoms with Gasteiger partial charge in [0.2, 0.25) is 0 Å². The first kappa shape index (κ1) is 13.2. The summed E-state index contributed by atoms with van der Waals surface area (Å²) in [6, 6.07) is 0. The summed E-state index contributed by atoms with van der Waals surface area (Å²) in [5.41, 5.74) is 0. The van der Waals surface area contributed by atoms with E-state index in [-0.39, 0.29) is 24.6 Å². The number of hydrogen-bond acceptors (Lipinski definition) is 4. The largest absolute Gasteiger partial charge is 0.354 e. The molecule has 7 atom stereocenters. The third kappa shape index (κ3) is 2.83. The third-order valence-electron chi connectivity index (χ3n) is 2.26. The van der Waals surface area contributed by atoms with Crippen molar-refractivity contribution in [2.75, 3.05) is 7.11 Å². The molecule has 1 saturated heterocycles. The molecule has 0 saturated carbocycles. The van der Waals surface area contributed by atoms with Crippen LogP contribution in [0.15, 0.2) is 0 Å². The maximum atomic E-state index is 5.64. The molecule has 4 nitrogen and oxygen atoms in total. The Morgan fingerprint density at radius 2 is 2.14 bits per heavy atom. The molecule has 7 heteroatoms. The number of rotatable bonds is 5. The summed E-state index contributed by atoms with van der Waals surface area (Å²) in [5.74, 6) is 0. The minimum absolute atomic E-state index is 0.0433. The van der Waals surface area contributed by atoms with Crippen LogP contribution in [0.1, 0.15) is 13.3 Å². The fourth-order valence-electron chi connectivity index (χ4n) is 1.57. The Labute approximate surface area is 91.0 Å². The van der Waals surface area contributed by atoms with Gasteiger partial charge < -0.3 is 18.5 Å². The van der Waals surface area contributed by atoms with Crippen LogP contribution in [-0.2, 0) is 18.5 Å². The van der Waals surface area contributed by atoms with Gasteiger partial charge in [-0.1, -0.05) is 15.9 Å². The molecule has 0 spiro atoms. The Morgan fingerprint density at radius 1 is 1.43 bits per heavy atom. The van der Waals surface area contributed by atoms with E-state index in [2.05, 4.69) is 25.3 Å². The lowest BCUT2D eigenvalue weighted by Gasteiger charge is -2.20. The molecular weight excluding hydrogens is 241 g/mol. The van der Waals surface area contributed by atoms with Gasteiger partial charge in [-0.25, -0.2) is 0 Å². The molecular formula is C7H17O4P3. The van der Waals surface area contributed by atoms with E-state index < -0.39 is 0 Å². The number of hydrogen-bond donors (Lipinski definition) is 0. The second-order valence-electron chi connectivity index (χ2n) is 2.99. The van der Waals surface area contributed by atoms with Crippen molar-refractivity contribution in [3.8, 4) is 0 Å². The first-order valence-corrected chi connectivity index (χ1v) is 7.62. The normalized spacial score (nSPS) is 38.6. The van der Waals surface area contributed by atoms with Gasteiger partial charge in [0.05, 0.1) is 6.10 Å². The van der Waals surface area contributed by atoms with Crippen LogP contribution < -0.4 is 0 Å². The van der Waals surface area contributed by atoms with Crippen molar-refractivity contribution in [1.82, 2.24) is 0 Å². The molecule has 0 radical (unpaired) electrons. The van der Waals surface area contributed by atoms with Crippen molar-refractivity contribution in [3.63, 3.8) is 0 Å². The van der Waals surface area contributed by atoms with E-state index in [1.54, 1.807) is 7.11 Å². The summed E-state index contributed by atoms with van der Waals surface area (Å²) in [6.45, 7) is 2.06. The first-order valence-electron chi connectivity index (χ1n) is 4.43. The summed E-state index contributed by atoms with van der Waals surface area (Å²) in [4.78, 5) is 0. The van der Waals surface area contributed by atoms with E-state index in [0.717, 1.165) is 6.42 Å². The molecule has 0 amide bonds. The molecule has 0 aliphatic carbocycles. The van der Waals surface area contributed by atoms with Crippen LogP contribution in [0.2, 0.25) is 0 Å². The van der Waals surface area contributed by atoms with Crippen molar-refractivity contribution in [2.45, 2.75) is 37.9 Å². The zero-order chi connectivity index (χ0) is 10.6. The topological polar surface area (TPSA) is 36.9 Å². The maximum Gasteiger partial charge on any atom is 0.186 e. The highest BCUT2D eigenvalue weighted by Crippen LogP contribution is 2.36. The first-order chi connectivity index (χ1) is 6.78. The zero-order valence-electron chi connectivity index (χ0n) is 8.30. The Bertz CT molecular complexity index is 171. The Balaban J connectivity index is 2.64. The minimum Gasteiger partial charge on any atom is -0.354 e. The molecule has 0 aromatic rings. The van der Waals surface area contributed by atoms with E-state index >= 15 is 0 Å². The molecule has 1 heterocycles. The van der Waals surface area contributed by atoms with Crippen LogP contribution in [0.4, 0.5) is 0 Å². The lowest BCUT2D eigenvalue weighted by atomic mass is 10.1. The Hall–Kier alpha value is 1.13. The van der Waals surface area contributed by atoms with Gasteiger partial charge in [0, 0.05) is 25.1 Å². The summed E-state index contributed by atoms with van der Waals surface area (Å²) >= 11 is 0. The van der Waals surface area contributed by atoms with Crippen LogP contribution in [0.3, 0.4) is 0 Å². The smallest absolute Gasteiger partial charge is 0.186 e. The van der Waals surface area contributed by atoms with Crippen LogP contribution in [-0.4, -0.2) is 31.7 Å². The van der Waals surface area contributed by atoms with Gasteiger partial charge in [-0.2, -0.15) is 0 Å². The van der Waals surface area contributed by atoms with E-state index in [0.29, 0.717) is 8.50 Å². The molecule has 1 aliphatic heterocycles. The average molecular weight is 258 g/mol. The molecule has 0 bridgehead atoms. The van der Waals surface area contributed by atoms with Gasteiger partial charge >= 0.3 is 0 Å². The Morgan fingerprint density at radius 3 is 2.57 bits per heavy atom. The van der Waals surface area contributed by atoms with Gasteiger partial charge in [-0.3, -0.25) is 0 Å². The van der Waals surface area contributed by atoms with E-state index in [9.17, 15) is 0 Å². The van der Waals surface area contributed by atoms with Crippen LogP contribution >= 0.6 is 26.9 Å². The van der Waals surface area contributed by atoms with Crippen LogP contribution in [0.25, 0.3) is 0 Å². The van der Waals surface area contributed by atoms with Crippen molar-refractivity contribution >= 4 is 26.9 Å². The van der Waals surface area contributed by atoms with Crippen molar-refractivity contribution in [1.29, 1.82) is 0 Å². The average Bonchev–Trinajstić information content (AvgIpc) is 2.56. The van der Waals surface area contributed by atoms with Gasteiger partial charge in [0.1, 0.15) is 12.2 Å². The molecule has 1 rings (SSSR count). The van der Waals surface area contributed by atoms with E-state index in [1.807, 2.05) is 0 Å². The molecule has 0 N–H and O–H groups in total. The predicted molar refractivity (Wildman–Crippen MR) is 63.4 cm³/mol. The molecule has 1 fully saturated rings. The highest BCUT2D eigenvalue weighted by molar-refractivity contribution is 8.00. The summed E-state index contributed by atoms with van der Waals surface area (Å²) in [5, 5.41) is 0. The number of methoxy groups -OCH3 is 1. The van der Waals surface area contributed by atoms with Gasteiger partial charge in [-0.15, -0.1) is 0 Å². The van der Waals surface area contributed by atoms with Crippen molar-refractivity contribution < 1.29 is 18.5 Å². The number of ether oxygens (including phenoxy) is 2. The molecule has 84 valence electrons. The SMILES string of the molecule is CCC1OC(OC)C(OP)[C@H]1OPP. The lowest BCUT2D eigenvalue weighted by Crippen LogP contribution is -2.34. The predicted octanol–water partition coefficient (Wildman–Crippen LogP) is 1.71. The zero-order valence-corrected chi connectivity index (χ0v) is 11.6. The molecule has 1 aliphatic rings. The molecule has 6 unspecified atom stereocenters. The quantitative estimate of drug-likeness (QED) is 0.703. The van der Waals surface area contributed by atoms with Crippen molar-refractivity contribution in [2.24, 2.45) is 0 Å². The van der Waals surface area contributed by atoms with Crippen LogP contribution in [0, 0.1) is 0 Å². The minimum atomic E-state index is -0.330. The fourth-order valence-corrected chi connectivity index (χ4v) is 2.77. The van der Waals surface area contributed by atoms with Gasteiger partial charge in [0.15, 0.2) is 6.29 Å². The molecule has 14 heavy (non-hydrogen) atoms. The van der Waals surface area contributed by atoms with Gasteiger partial charge in [-0.05, 0) is 6.42 Å². The molecule has 0 aromatic carbocycles. The van der Waals surface area contributed by atoms with Crippen LogP contribution in [0.5, 0.6) is 0 Å². The Kier molecular flexibility index (Phi) is 6.27. The molecule has 0 aromatic heterocycles. The third-order valence-corrected chi connectivity index (χ3v) is 3.39. The highest BCUT2D eigenvalue weighted by Gasteiger charge is 2.45. The second kappa shape index (κ2) is 6.66. The van der Waals surface area contributed by atoms with Gasteiger partial charge in [0.25, 0.3) is 0 Å². The van der Waals surface area contributed by atoms with E-state index in [1.165, 1.54) is 0 Å². The standard InChI is InChI=1S/C7H17O4P3/c1-3-4-5(11-14-13)6(10-12)7(8-2)9-4/h4-7,14H,3,12-13H2,1-2H3/t4?,5-,6?,7?/m0/s1. The fraction of sp³-hybridized carbons (Fsp3) is 1.00. The summed E-state index contributed by atoms with van der Waals surface area (Å²) in [6.07, 6.45) is 0.410. The summed E-state index contributed by atoms with van der Waals surface area (Å²) in [7, 11) is 6.76. The summed E-state index contributed by atoms with van der Waals surface area (Å²) < 4.78 is 21.7. The monoisotopic (exact) mass is 258 g/mol. The lowest BCUT2D eigenvalue weighted by molar-refractivity contribution is -0.141. The second-order valence-corrected chi connectivity index (χ2v) is 4.44. The van der Waals surface area contributed by atoms with E-state index in [4.69, 9.17) is 18.5 Å². The van der Waals surface area contributed by atoms with Crippen molar-refractivity contribution in [3.05, 3.63) is 0 Å². The maximum absolute atomic E-state index is 5.64. The highest BCUT2D eigenvalue weighted by atomic mass is 32.0.